The van der Waals surface area contributed by atoms with E-state index in [1.807, 2.05) is 37.1 Å². The van der Waals surface area contributed by atoms with Gasteiger partial charge in [-0.15, -0.1) is 0 Å². The van der Waals surface area contributed by atoms with E-state index < -0.39 is 208 Å². The van der Waals surface area contributed by atoms with Gasteiger partial charge in [0, 0.05) is 86.8 Å². The number of hydrogen-bond donors (Lipinski definition) is 3. The third-order valence-corrected chi connectivity index (χ3v) is 26.8. The zero-order valence-corrected chi connectivity index (χ0v) is 80.9. The molecule has 6 amide bonds. The normalized spacial score (nSPS) is 29.9. The predicted octanol–water partition coefficient (Wildman–Crippen LogP) is 14.8. The van der Waals surface area contributed by atoms with Gasteiger partial charge in [0.05, 0.1) is 87.6 Å². The molecule has 15 rings (SSSR count). The van der Waals surface area contributed by atoms with E-state index in [1.54, 1.807) is 96.9 Å². The van der Waals surface area contributed by atoms with Crippen LogP contribution in [-0.4, -0.2) is 191 Å². The van der Waals surface area contributed by atoms with Crippen LogP contribution >= 0.6 is 0 Å². The zero-order chi connectivity index (χ0) is 94.4. The summed E-state index contributed by atoms with van der Waals surface area (Å²) >= 11 is 0. The number of fused-ring (bicyclic) bond motifs is 15. The van der Waals surface area contributed by atoms with Gasteiger partial charge in [0.1, 0.15) is 53.7 Å². The molecule has 3 saturated carbocycles. The largest absolute Gasteiger partial charge is 0.540 e. The molecule has 3 saturated heterocycles. The summed E-state index contributed by atoms with van der Waals surface area (Å²) in [5.74, 6) is -14.7. The number of amides is 6. The third kappa shape index (κ3) is 23.3. The van der Waals surface area contributed by atoms with Gasteiger partial charge in [-0.1, -0.05) is 133 Å². The molecule has 6 fully saturated rings. The van der Waals surface area contributed by atoms with Crippen molar-refractivity contribution in [2.75, 3.05) is 19.6 Å². The van der Waals surface area contributed by atoms with Gasteiger partial charge in [-0.3, -0.25) is 14.4 Å². The first-order valence-corrected chi connectivity index (χ1v) is 44.5. The first kappa shape index (κ1) is 105. The second-order valence-electron chi connectivity index (χ2n) is 39.5. The van der Waals surface area contributed by atoms with Crippen LogP contribution in [0.1, 0.15) is 240 Å². The number of aromatic nitrogens is 6. The summed E-state index contributed by atoms with van der Waals surface area (Å²) in [4.78, 5) is 147. The molecule has 9 aliphatic rings. The molecule has 6 aliphatic heterocycles. The molecule has 0 unspecified atom stereocenters. The molecule has 133 heavy (non-hydrogen) atoms. The van der Waals surface area contributed by atoms with Crippen LogP contribution in [0.25, 0.3) is 33.1 Å². The van der Waals surface area contributed by atoms with Gasteiger partial charge in [-0.25, -0.2) is 63.1 Å². The molecular weight excluding hydrogens is 1850 g/mol. The van der Waals surface area contributed by atoms with E-state index in [-0.39, 0.29) is 168 Å². The number of nitrogens with one attached hydrogen (secondary N) is 3. The van der Waals surface area contributed by atoms with Crippen molar-refractivity contribution >= 4 is 88.0 Å². The molecule has 30 nitrogen and oxygen atoms in total. The van der Waals surface area contributed by atoms with Gasteiger partial charge >= 0.3 is 18.3 Å². The van der Waals surface area contributed by atoms with Gasteiger partial charge in [0.15, 0.2) is 17.1 Å². The Bertz CT molecular complexity index is 5520. The van der Waals surface area contributed by atoms with E-state index in [0.29, 0.717) is 70.6 Å². The number of nitrogens with zero attached hydrogens (tertiary/aromatic N) is 12. The van der Waals surface area contributed by atoms with Crippen molar-refractivity contribution < 1.29 is 154 Å². The maximum atomic E-state index is 15.9. The van der Waals surface area contributed by atoms with Crippen LogP contribution in [0.5, 0.6) is 17.6 Å². The summed E-state index contributed by atoms with van der Waals surface area (Å²) in [6, 6.07) is 12.9. The first-order chi connectivity index (χ1) is 61.2. The van der Waals surface area contributed by atoms with Crippen molar-refractivity contribution in [1.29, 1.82) is 15.8 Å². The fourth-order valence-electron chi connectivity index (χ4n) is 18.6. The second kappa shape index (κ2) is 41.4. The molecular formula is C94H110F6N15O15V3-3. The number of carbonyl (C=O) groups is 6. The minimum atomic E-state index is -3.40. The molecule has 6 aromatic rings. The Morgan fingerprint density at radius 1 is 0.436 bits per heavy atom. The molecule has 6 bridgehead atoms. The van der Waals surface area contributed by atoms with E-state index in [1.165, 1.54) is 69.3 Å². The average Bonchev–Trinajstić information content (AvgIpc) is 1.75. The number of carbonyl (C=O) groups excluding carboxylic acids is 9. The summed E-state index contributed by atoms with van der Waals surface area (Å²) < 4.78 is 131. The molecule has 3 aromatic carbocycles. The average molecular weight is 1960 g/mol. The van der Waals surface area contributed by atoms with Crippen molar-refractivity contribution in [1.82, 2.24) is 60.6 Å². The molecule has 3 N–H and O–H groups in total. The van der Waals surface area contributed by atoms with Gasteiger partial charge in [-0.05, 0) is 166 Å². The first-order valence-electron chi connectivity index (χ1n) is 44.5. The molecule has 0 spiro atoms. The van der Waals surface area contributed by atoms with Crippen molar-refractivity contribution in [3.63, 3.8) is 0 Å². The summed E-state index contributed by atoms with van der Waals surface area (Å²) in [6.45, 7) is 24.6. The van der Waals surface area contributed by atoms with Crippen LogP contribution in [0.15, 0.2) is 54.6 Å². The van der Waals surface area contributed by atoms with Gasteiger partial charge in [-0.2, -0.15) is 42.1 Å². The number of hydrogen-bond acceptors (Lipinski definition) is 24. The number of rotatable bonds is 5. The fraction of sp³-hybridized carbons (Fsp3) is 0.617. The van der Waals surface area contributed by atoms with E-state index >= 15 is 26.3 Å². The van der Waals surface area contributed by atoms with Crippen LogP contribution in [-0.2, 0) is 116 Å². The zero-order valence-electron chi connectivity index (χ0n) is 76.7. The Balaban J connectivity index is 0.000000204. The predicted molar refractivity (Wildman–Crippen MR) is 457 cm³/mol. The SMILES string of the molecule is CC[C@@H]1[C@@H]2CN(C(=O)[C@H](C(C)(C)C)NC(=O)O[C@@H]3C[C@H]3CCCCC(F)(F)c3nc4ccc(C#N)cc4nc3O2)[C@@H]1[C-]=O.CC[C@@H]1[C@@H]2CN(C(=O)[C@H](C(C)(C)C)NC(=O)O[C@]3(C)C[C@H]3CCCCC(F)(F)c3nc4ccc(C#N)cc4nc3O2)[C@@H]1[C-]=O.C[C@@H]1[C@@H]2CN(C(=O)[C@H](C(C)(C)C)NC(=O)O[C@]3(C)C[C@H]3CCCCC(F)(F)c3nc4ccc(C#N)cc4nc3O2)[C@@H]1[C-]=O.[V].[V].[V]. The quantitative estimate of drug-likeness (QED) is 0.0819. The minimum Gasteiger partial charge on any atom is -0.540 e. The van der Waals surface area contributed by atoms with Gasteiger partial charge < -0.3 is 73.5 Å². The van der Waals surface area contributed by atoms with E-state index in [4.69, 9.17) is 28.4 Å². The van der Waals surface area contributed by atoms with E-state index in [0.717, 1.165) is 0 Å². The van der Waals surface area contributed by atoms with Crippen LogP contribution < -0.4 is 30.2 Å². The number of ether oxygens (including phenoxy) is 6. The number of halogens is 6. The second-order valence-corrected chi connectivity index (χ2v) is 39.5. The van der Waals surface area contributed by atoms with Crippen LogP contribution in [0.2, 0.25) is 0 Å². The molecule has 18 atom stereocenters. The van der Waals surface area contributed by atoms with E-state index in [2.05, 4.69) is 45.9 Å². The smallest absolute Gasteiger partial charge is 0.408 e. The number of alkyl halides is 6. The molecule has 711 valence electrons. The molecule has 3 aliphatic carbocycles. The van der Waals surface area contributed by atoms with Crippen molar-refractivity contribution in [2.24, 2.45) is 51.8 Å². The van der Waals surface area contributed by atoms with Crippen molar-refractivity contribution in [3.05, 3.63) is 88.4 Å². The van der Waals surface area contributed by atoms with Gasteiger partial charge in [0.25, 0.3) is 17.8 Å². The van der Waals surface area contributed by atoms with Crippen LogP contribution in [0.4, 0.5) is 40.7 Å². The van der Waals surface area contributed by atoms with Crippen LogP contribution in [0, 0.1) is 85.7 Å². The van der Waals surface area contributed by atoms with Gasteiger partial charge in [0.2, 0.25) is 35.4 Å². The standard InChI is InChI=1S/C32H38F2N5O5.2C31H36F2N5O5.3V/c1-6-20-23(17-40)39-16-24(20)43-27-25(36-21-11-10-18(15-35)13-22(21)37-27)32(33,34)12-8-7-9-19-14-31(19,5)44-29(42)38-26(28(39)41)30(2,3)4;1-17-22(16-39)38-15-23(17)42-26-24(35-20-10-9-18(14-34)12-21(20)36-26)31(32,33)11-7-6-8-19-13-30(19,5)43-28(41)37-25(27(38)40)29(2,3)4;1-5-19-22(16-39)38-15-24(19)42-27-25(35-20-10-9-17(14-34)12-21(20)36-27)31(32,33)11-7-6-8-18-13-23(18)43-29(41)37-26(28(38)40)30(2,3)4;;;/h10-11,13,19-20,23-24,26H,6-9,12,14,16H2,1-5H3,(H,38,42);9-10,12,17,19,22-23,25H,6-8,11,13,15H2,1-5H3,(H,37,41);9-10,12,18-19,22-24,26H,5-8,11,13,15H2,1-4H3,(H,37,41);;;/q3*-1;;;/t19-,20+,23-,24+,26-,31-;17-,19+,22+,23-,25+,30+;18-,19+,22-,23-,24+,26-;;;/m101.../s1. The fourth-order valence-corrected chi connectivity index (χ4v) is 18.6. The van der Waals surface area contributed by atoms with Crippen molar-refractivity contribution in [2.45, 2.75) is 296 Å². The topological polar surface area (TPSA) is 404 Å². The monoisotopic (exact) mass is 1960 g/mol. The minimum absolute atomic E-state index is 0. The number of benzene rings is 3. The summed E-state index contributed by atoms with van der Waals surface area (Å²) in [7, 11) is 0. The Hall–Kier alpha value is -9.89. The number of nitriles is 3. The Kier molecular flexibility index (Phi) is 32.7. The molecule has 3 radical (unpaired) electrons. The van der Waals surface area contributed by atoms with Crippen molar-refractivity contribution in [3.8, 4) is 35.8 Å². The Labute approximate surface area is 804 Å². The van der Waals surface area contributed by atoms with E-state index in [9.17, 15) is 58.9 Å². The molecule has 9 heterocycles. The summed E-state index contributed by atoms with van der Waals surface area (Å²) in [6.07, 6.45) is 5.47. The number of alkyl carbamates (subject to hydrolysis) is 3. The molecule has 3 aromatic heterocycles. The Morgan fingerprint density at radius 3 is 1.08 bits per heavy atom. The Morgan fingerprint density at radius 2 is 0.752 bits per heavy atom. The third-order valence-electron chi connectivity index (χ3n) is 26.8. The summed E-state index contributed by atoms with van der Waals surface area (Å²) in [5, 5.41) is 36.2. The summed E-state index contributed by atoms with van der Waals surface area (Å²) in [5.41, 5.74) is -3.58. The molecule has 39 heteroatoms. The maximum Gasteiger partial charge on any atom is 0.408 e. The maximum absolute atomic E-state index is 15.9. The van der Waals surface area contributed by atoms with Crippen LogP contribution in [0.3, 0.4) is 0 Å².